The van der Waals surface area contributed by atoms with E-state index in [0.29, 0.717) is 12.1 Å². The molecule has 0 saturated carbocycles. The number of amides is 2. The zero-order valence-corrected chi connectivity index (χ0v) is 18.0. The van der Waals surface area contributed by atoms with Crippen molar-refractivity contribution < 1.29 is 4.79 Å². The molecule has 2 aliphatic rings. The van der Waals surface area contributed by atoms with Crippen molar-refractivity contribution >= 4 is 23.9 Å². The summed E-state index contributed by atoms with van der Waals surface area (Å²) in [5, 5.41) is 6.63. The predicted molar refractivity (Wildman–Crippen MR) is 115 cm³/mol. The molecule has 150 valence electrons. The van der Waals surface area contributed by atoms with Crippen LogP contribution < -0.4 is 15.4 Å². The van der Waals surface area contributed by atoms with E-state index in [1.54, 1.807) is 0 Å². The Balaban J connectivity index is 1.59. The Bertz CT molecular complexity index is 642. The number of nitrogens with zero attached hydrogens (tertiary/aromatic N) is 1. The fourth-order valence-corrected chi connectivity index (χ4v) is 4.72. The Kier molecular flexibility index (Phi) is 7.06. The van der Waals surface area contributed by atoms with Gasteiger partial charge in [0.1, 0.15) is 0 Å². The van der Waals surface area contributed by atoms with E-state index < -0.39 is 0 Å². The maximum absolute atomic E-state index is 12.6. The van der Waals surface area contributed by atoms with Gasteiger partial charge in [-0.2, -0.15) is 0 Å². The molecular formula is C21H34N4OS. The maximum atomic E-state index is 12.6. The Labute approximate surface area is 168 Å². The summed E-state index contributed by atoms with van der Waals surface area (Å²) in [6, 6.07) is 3.11. The number of hydrogen-bond donors (Lipinski definition) is 3. The highest BCUT2D eigenvalue weighted by atomic mass is 32.2. The number of carbonyl (C=O) groups excluding carboxylic acids is 1. The SMILES string of the molecule is CC(C)NCCN(SNC(=O)Nc1c2c(cc3c1CCC3)CCC2)C(C)C. The van der Waals surface area contributed by atoms with E-state index in [9.17, 15) is 4.79 Å². The third-order valence-corrected chi connectivity index (χ3v) is 6.54. The molecule has 0 aliphatic heterocycles. The van der Waals surface area contributed by atoms with Gasteiger partial charge in [-0.25, -0.2) is 9.10 Å². The molecule has 6 heteroatoms. The minimum absolute atomic E-state index is 0.114. The minimum atomic E-state index is -0.114. The smallest absolute Gasteiger partial charge is 0.313 e. The monoisotopic (exact) mass is 390 g/mol. The number of anilines is 1. The van der Waals surface area contributed by atoms with Gasteiger partial charge in [0.25, 0.3) is 0 Å². The first kappa shape index (κ1) is 20.5. The predicted octanol–water partition coefficient (Wildman–Crippen LogP) is 4.06. The highest BCUT2D eigenvalue weighted by Gasteiger charge is 2.25. The lowest BCUT2D eigenvalue weighted by molar-refractivity contribution is 0.256. The minimum Gasteiger partial charge on any atom is -0.313 e. The van der Waals surface area contributed by atoms with Gasteiger partial charge in [-0.15, -0.1) is 0 Å². The number of aryl methyl sites for hydroxylation is 2. The molecule has 3 N–H and O–H groups in total. The second-order valence-electron chi connectivity index (χ2n) is 8.22. The molecule has 0 bridgehead atoms. The summed E-state index contributed by atoms with van der Waals surface area (Å²) in [5.41, 5.74) is 6.74. The molecule has 0 fully saturated rings. The molecule has 2 aliphatic carbocycles. The zero-order valence-electron chi connectivity index (χ0n) is 17.2. The van der Waals surface area contributed by atoms with Gasteiger partial charge in [0.05, 0.1) is 0 Å². The van der Waals surface area contributed by atoms with Crippen LogP contribution in [0.15, 0.2) is 6.07 Å². The van der Waals surface area contributed by atoms with Gasteiger partial charge in [0, 0.05) is 43.0 Å². The van der Waals surface area contributed by atoms with Crippen LogP contribution >= 0.6 is 12.1 Å². The molecular weight excluding hydrogens is 356 g/mol. The maximum Gasteiger partial charge on any atom is 0.330 e. The molecule has 0 saturated heterocycles. The van der Waals surface area contributed by atoms with Crippen molar-refractivity contribution in [3.8, 4) is 0 Å². The van der Waals surface area contributed by atoms with Crippen molar-refractivity contribution in [3.05, 3.63) is 28.3 Å². The summed E-state index contributed by atoms with van der Waals surface area (Å²) < 4.78 is 5.20. The molecule has 27 heavy (non-hydrogen) atoms. The fraction of sp³-hybridized carbons (Fsp3) is 0.667. The van der Waals surface area contributed by atoms with E-state index >= 15 is 0 Å². The molecule has 0 unspecified atom stereocenters. The fourth-order valence-electron chi connectivity index (χ4n) is 4.08. The molecule has 0 spiro atoms. The summed E-state index contributed by atoms with van der Waals surface area (Å²) in [6.07, 6.45) is 6.88. The summed E-state index contributed by atoms with van der Waals surface area (Å²) in [7, 11) is 0. The first-order valence-electron chi connectivity index (χ1n) is 10.4. The van der Waals surface area contributed by atoms with Crippen molar-refractivity contribution in [1.82, 2.24) is 14.3 Å². The Hall–Kier alpha value is -1.24. The molecule has 0 aromatic heterocycles. The number of rotatable bonds is 8. The van der Waals surface area contributed by atoms with Crippen molar-refractivity contribution in [2.24, 2.45) is 0 Å². The normalized spacial score (nSPS) is 15.5. The standard InChI is InChI=1S/C21H34N4OS/c1-14(2)22-11-12-25(15(3)4)27-24-21(26)23-20-18-9-5-7-16(18)13-17-8-6-10-19(17)20/h13-15,22H,5-12H2,1-4H3,(H2,23,24,26). The lowest BCUT2D eigenvalue weighted by Crippen LogP contribution is -2.38. The highest BCUT2D eigenvalue weighted by molar-refractivity contribution is 7.95. The highest BCUT2D eigenvalue weighted by Crippen LogP contribution is 2.38. The molecule has 1 aromatic rings. The van der Waals surface area contributed by atoms with Crippen LogP contribution in [-0.4, -0.2) is 35.5 Å². The average Bonchev–Trinajstić information content (AvgIpc) is 3.25. The second kappa shape index (κ2) is 9.30. The van der Waals surface area contributed by atoms with Gasteiger partial charge < -0.3 is 10.6 Å². The van der Waals surface area contributed by atoms with Crippen LogP contribution in [0.1, 0.15) is 62.8 Å². The van der Waals surface area contributed by atoms with Crippen LogP contribution in [0.25, 0.3) is 0 Å². The van der Waals surface area contributed by atoms with Crippen LogP contribution in [0.5, 0.6) is 0 Å². The van der Waals surface area contributed by atoms with Gasteiger partial charge in [-0.3, -0.25) is 4.72 Å². The molecule has 0 radical (unpaired) electrons. The molecule has 2 amide bonds. The lowest BCUT2D eigenvalue weighted by Gasteiger charge is -2.25. The topological polar surface area (TPSA) is 56.4 Å². The Morgan fingerprint density at radius 1 is 1.07 bits per heavy atom. The van der Waals surface area contributed by atoms with Crippen LogP contribution in [0, 0.1) is 0 Å². The first-order valence-corrected chi connectivity index (χ1v) is 11.1. The summed E-state index contributed by atoms with van der Waals surface area (Å²) in [6.45, 7) is 10.4. The number of nitrogens with one attached hydrogen (secondary N) is 3. The van der Waals surface area contributed by atoms with E-state index in [1.807, 2.05) is 0 Å². The summed E-state index contributed by atoms with van der Waals surface area (Å²) >= 11 is 1.41. The van der Waals surface area contributed by atoms with Crippen molar-refractivity contribution in [3.63, 3.8) is 0 Å². The van der Waals surface area contributed by atoms with E-state index in [4.69, 9.17) is 0 Å². The van der Waals surface area contributed by atoms with Crippen LogP contribution in [-0.2, 0) is 25.7 Å². The van der Waals surface area contributed by atoms with E-state index in [1.165, 1.54) is 47.2 Å². The lowest BCUT2D eigenvalue weighted by atomic mass is 9.99. The number of carbonyl (C=O) groups is 1. The molecule has 0 atom stereocenters. The second-order valence-corrected chi connectivity index (χ2v) is 9.08. The molecule has 0 heterocycles. The van der Waals surface area contributed by atoms with Gasteiger partial charge >= 0.3 is 6.03 Å². The Morgan fingerprint density at radius 2 is 1.70 bits per heavy atom. The van der Waals surface area contributed by atoms with Crippen LogP contribution in [0.2, 0.25) is 0 Å². The van der Waals surface area contributed by atoms with E-state index in [0.717, 1.165) is 44.5 Å². The quantitative estimate of drug-likeness (QED) is 0.586. The third kappa shape index (κ3) is 5.18. The summed E-state index contributed by atoms with van der Waals surface area (Å²) in [4.78, 5) is 12.6. The summed E-state index contributed by atoms with van der Waals surface area (Å²) in [5.74, 6) is 0. The largest absolute Gasteiger partial charge is 0.330 e. The van der Waals surface area contributed by atoms with Gasteiger partial charge in [0.15, 0.2) is 0 Å². The van der Waals surface area contributed by atoms with Crippen molar-refractivity contribution in [2.75, 3.05) is 18.4 Å². The number of benzene rings is 1. The number of hydrogen-bond acceptors (Lipinski definition) is 4. The van der Waals surface area contributed by atoms with Gasteiger partial charge in [-0.1, -0.05) is 19.9 Å². The number of urea groups is 1. The Morgan fingerprint density at radius 3 is 2.26 bits per heavy atom. The van der Waals surface area contributed by atoms with E-state index in [-0.39, 0.29) is 6.03 Å². The molecule has 1 aromatic carbocycles. The first-order chi connectivity index (χ1) is 13.0. The molecule has 3 rings (SSSR count). The third-order valence-electron chi connectivity index (χ3n) is 5.43. The van der Waals surface area contributed by atoms with E-state index in [2.05, 4.69) is 53.4 Å². The van der Waals surface area contributed by atoms with Gasteiger partial charge in [-0.05, 0) is 74.6 Å². The zero-order chi connectivity index (χ0) is 19.4. The number of fused-ring (bicyclic) bond motifs is 2. The average molecular weight is 391 g/mol. The van der Waals surface area contributed by atoms with Crippen molar-refractivity contribution in [2.45, 2.75) is 78.3 Å². The van der Waals surface area contributed by atoms with Crippen molar-refractivity contribution in [1.29, 1.82) is 0 Å². The molecule has 5 nitrogen and oxygen atoms in total. The van der Waals surface area contributed by atoms with Crippen LogP contribution in [0.3, 0.4) is 0 Å². The van der Waals surface area contributed by atoms with Gasteiger partial charge in [0.2, 0.25) is 0 Å². The van der Waals surface area contributed by atoms with Crippen LogP contribution in [0.4, 0.5) is 10.5 Å².